The summed E-state index contributed by atoms with van der Waals surface area (Å²) in [6, 6.07) is 1.00. The maximum atomic E-state index is 12.6. The highest BCUT2D eigenvalue weighted by Crippen LogP contribution is 2.45. The van der Waals surface area contributed by atoms with Crippen molar-refractivity contribution in [3.05, 3.63) is 23.0 Å². The Bertz CT molecular complexity index is 394. The van der Waals surface area contributed by atoms with Crippen LogP contribution in [0.15, 0.2) is 6.07 Å². The molecule has 15 heavy (non-hydrogen) atoms. The normalized spacial score (nSPS) is 16.8. The first-order valence-corrected chi connectivity index (χ1v) is 4.74. The van der Waals surface area contributed by atoms with Crippen LogP contribution < -0.4 is 5.73 Å². The van der Waals surface area contributed by atoms with Crippen LogP contribution in [0.2, 0.25) is 0 Å². The molecule has 0 radical (unpaired) electrons. The molecule has 0 bridgehead atoms. The highest BCUT2D eigenvalue weighted by molar-refractivity contribution is 5.55. The van der Waals surface area contributed by atoms with E-state index in [0.717, 1.165) is 18.9 Å². The Morgan fingerprint density at radius 3 is 2.47 bits per heavy atom. The summed E-state index contributed by atoms with van der Waals surface area (Å²) in [6.45, 7) is 1.56. The maximum absolute atomic E-state index is 12.6. The zero-order valence-electron chi connectivity index (χ0n) is 8.23. The molecule has 1 saturated carbocycles. The third-order valence-electron chi connectivity index (χ3n) is 2.49. The molecule has 5 heteroatoms. The summed E-state index contributed by atoms with van der Waals surface area (Å²) in [5, 5.41) is 0. The number of nitrogens with two attached hydrogens (primary N) is 1. The Labute approximate surface area is 85.3 Å². The number of halogens is 3. The maximum Gasteiger partial charge on any atom is 0.418 e. The zero-order valence-corrected chi connectivity index (χ0v) is 8.23. The van der Waals surface area contributed by atoms with Gasteiger partial charge in [-0.3, -0.25) is 4.98 Å². The quantitative estimate of drug-likeness (QED) is 0.783. The number of nitrogen functional groups attached to an aromatic ring is 1. The lowest BCUT2D eigenvalue weighted by atomic mass is 10.1. The summed E-state index contributed by atoms with van der Waals surface area (Å²) >= 11 is 0. The second kappa shape index (κ2) is 3.12. The number of aromatic nitrogens is 1. The van der Waals surface area contributed by atoms with Gasteiger partial charge in [-0.2, -0.15) is 13.2 Å². The SMILES string of the molecule is Cc1cc(C(F)(F)F)c(N)c(C2CC2)n1. The van der Waals surface area contributed by atoms with E-state index in [1.807, 2.05) is 0 Å². The fraction of sp³-hybridized carbons (Fsp3) is 0.500. The Kier molecular flexibility index (Phi) is 2.13. The van der Waals surface area contributed by atoms with E-state index < -0.39 is 11.7 Å². The number of rotatable bonds is 1. The van der Waals surface area contributed by atoms with Gasteiger partial charge in [0.25, 0.3) is 0 Å². The number of anilines is 1. The highest BCUT2D eigenvalue weighted by Gasteiger charge is 2.37. The Morgan fingerprint density at radius 1 is 1.40 bits per heavy atom. The van der Waals surface area contributed by atoms with Gasteiger partial charge in [0.2, 0.25) is 0 Å². The van der Waals surface area contributed by atoms with E-state index in [-0.39, 0.29) is 11.6 Å². The van der Waals surface area contributed by atoms with Crippen LogP contribution >= 0.6 is 0 Å². The summed E-state index contributed by atoms with van der Waals surface area (Å²) in [6.07, 6.45) is -2.61. The van der Waals surface area contributed by atoms with Gasteiger partial charge < -0.3 is 5.73 Å². The zero-order chi connectivity index (χ0) is 11.2. The van der Waals surface area contributed by atoms with Crippen LogP contribution in [0.1, 0.15) is 35.7 Å². The first-order valence-electron chi connectivity index (χ1n) is 4.74. The molecule has 0 unspecified atom stereocenters. The topological polar surface area (TPSA) is 38.9 Å². The van der Waals surface area contributed by atoms with Gasteiger partial charge in [0.05, 0.1) is 16.9 Å². The number of hydrogen-bond donors (Lipinski definition) is 1. The second-order valence-corrected chi connectivity index (χ2v) is 3.88. The highest BCUT2D eigenvalue weighted by atomic mass is 19.4. The van der Waals surface area contributed by atoms with Gasteiger partial charge in [-0.15, -0.1) is 0 Å². The lowest BCUT2D eigenvalue weighted by Crippen LogP contribution is -2.12. The van der Waals surface area contributed by atoms with Gasteiger partial charge in [0.1, 0.15) is 0 Å². The van der Waals surface area contributed by atoms with Crippen LogP contribution in [-0.2, 0) is 6.18 Å². The van der Waals surface area contributed by atoms with Gasteiger partial charge in [-0.1, -0.05) is 0 Å². The minimum absolute atomic E-state index is 0.131. The van der Waals surface area contributed by atoms with Crippen molar-refractivity contribution < 1.29 is 13.2 Å². The fourth-order valence-electron chi connectivity index (χ4n) is 1.61. The molecule has 1 aromatic rings. The lowest BCUT2D eigenvalue weighted by Gasteiger charge is -2.13. The van der Waals surface area contributed by atoms with Gasteiger partial charge in [-0.25, -0.2) is 0 Å². The molecule has 0 saturated heterocycles. The first kappa shape index (κ1) is 10.3. The number of alkyl halides is 3. The summed E-state index contributed by atoms with van der Waals surface area (Å²) in [5.41, 5.74) is 5.34. The standard InChI is InChI=1S/C10H11F3N2/c1-5-4-7(10(11,12)13)8(14)9(15-5)6-2-3-6/h4,6H,2-3,14H2,1H3. The van der Waals surface area contributed by atoms with Crippen LogP contribution in [0.4, 0.5) is 18.9 Å². The van der Waals surface area contributed by atoms with Gasteiger partial charge in [0.15, 0.2) is 0 Å². The molecular weight excluding hydrogens is 205 g/mol. The molecule has 0 atom stereocenters. The van der Waals surface area contributed by atoms with Crippen molar-refractivity contribution in [1.82, 2.24) is 4.98 Å². The van der Waals surface area contributed by atoms with Crippen molar-refractivity contribution in [3.63, 3.8) is 0 Å². The molecule has 82 valence electrons. The molecule has 1 aliphatic rings. The molecule has 0 spiro atoms. The average molecular weight is 216 g/mol. The van der Waals surface area contributed by atoms with E-state index in [1.54, 1.807) is 6.92 Å². The summed E-state index contributed by atoms with van der Waals surface area (Å²) in [7, 11) is 0. The van der Waals surface area contributed by atoms with Gasteiger partial charge in [-0.05, 0) is 25.8 Å². The Morgan fingerprint density at radius 2 is 2.00 bits per heavy atom. The minimum Gasteiger partial charge on any atom is -0.397 e. The number of nitrogens with zero attached hydrogens (tertiary/aromatic N) is 1. The molecule has 0 aromatic carbocycles. The summed E-state index contributed by atoms with van der Waals surface area (Å²) in [5.74, 6) is 0.131. The molecule has 0 aliphatic heterocycles. The van der Waals surface area contributed by atoms with Crippen molar-refractivity contribution in [2.75, 3.05) is 5.73 Å². The monoisotopic (exact) mass is 216 g/mol. The van der Waals surface area contributed by atoms with Crippen molar-refractivity contribution in [2.45, 2.75) is 31.9 Å². The number of hydrogen-bond acceptors (Lipinski definition) is 2. The third kappa shape index (κ3) is 1.91. The molecular formula is C10H11F3N2. The molecule has 0 amide bonds. The lowest BCUT2D eigenvalue weighted by molar-refractivity contribution is -0.137. The molecule has 2 nitrogen and oxygen atoms in total. The van der Waals surface area contributed by atoms with Gasteiger partial charge >= 0.3 is 6.18 Å². The van der Waals surface area contributed by atoms with E-state index in [0.29, 0.717) is 11.4 Å². The third-order valence-corrected chi connectivity index (χ3v) is 2.49. The summed E-state index contributed by atoms with van der Waals surface area (Å²) in [4.78, 5) is 4.08. The first-order chi connectivity index (χ1) is 6.89. The van der Waals surface area contributed by atoms with E-state index in [4.69, 9.17) is 5.73 Å². The molecule has 2 N–H and O–H groups in total. The van der Waals surface area contributed by atoms with E-state index in [9.17, 15) is 13.2 Å². The van der Waals surface area contributed by atoms with Crippen molar-refractivity contribution in [1.29, 1.82) is 0 Å². The van der Waals surface area contributed by atoms with Crippen LogP contribution in [0, 0.1) is 6.92 Å². The number of pyridine rings is 1. The van der Waals surface area contributed by atoms with E-state index in [1.165, 1.54) is 0 Å². The van der Waals surface area contributed by atoms with Crippen LogP contribution in [0.5, 0.6) is 0 Å². The molecule has 1 fully saturated rings. The van der Waals surface area contributed by atoms with Gasteiger partial charge in [0, 0.05) is 11.6 Å². The van der Waals surface area contributed by atoms with Crippen molar-refractivity contribution in [3.8, 4) is 0 Å². The van der Waals surface area contributed by atoms with Crippen LogP contribution in [-0.4, -0.2) is 4.98 Å². The molecule has 1 aliphatic carbocycles. The average Bonchev–Trinajstić information content (AvgIpc) is 2.89. The molecule has 1 heterocycles. The van der Waals surface area contributed by atoms with Crippen molar-refractivity contribution in [2.24, 2.45) is 0 Å². The molecule has 2 rings (SSSR count). The van der Waals surface area contributed by atoms with Crippen LogP contribution in [0.25, 0.3) is 0 Å². The smallest absolute Gasteiger partial charge is 0.397 e. The Balaban J connectivity index is 2.54. The van der Waals surface area contributed by atoms with E-state index in [2.05, 4.69) is 4.98 Å². The predicted octanol–water partition coefficient (Wildman–Crippen LogP) is 2.87. The van der Waals surface area contributed by atoms with Crippen molar-refractivity contribution >= 4 is 5.69 Å². The second-order valence-electron chi connectivity index (χ2n) is 3.88. The van der Waals surface area contributed by atoms with E-state index >= 15 is 0 Å². The summed E-state index contributed by atoms with van der Waals surface area (Å²) < 4.78 is 37.8. The predicted molar refractivity (Wildman–Crippen MR) is 50.4 cm³/mol. The molecule has 1 aromatic heterocycles. The Hall–Kier alpha value is -1.26. The van der Waals surface area contributed by atoms with Crippen LogP contribution in [0.3, 0.4) is 0 Å². The fourth-order valence-corrected chi connectivity index (χ4v) is 1.61. The number of aryl methyl sites for hydroxylation is 1. The largest absolute Gasteiger partial charge is 0.418 e. The minimum atomic E-state index is -4.39.